The molecule has 2 aromatic carbocycles. The topological polar surface area (TPSA) is 3.24 Å². The first-order valence-electron chi connectivity index (χ1n) is 6.78. The zero-order valence-electron chi connectivity index (χ0n) is 11.2. The Morgan fingerprint density at radius 2 is 1.84 bits per heavy atom. The first-order valence-corrected chi connectivity index (χ1v) is 7.32. The summed E-state index contributed by atoms with van der Waals surface area (Å²) >= 11 is 5.80. The van der Waals surface area contributed by atoms with Crippen molar-refractivity contribution in [3.8, 4) is 11.1 Å². The van der Waals surface area contributed by atoms with Gasteiger partial charge < -0.3 is 4.90 Å². The number of halogens is 1. The Kier molecular flexibility index (Phi) is 3.48. The van der Waals surface area contributed by atoms with Gasteiger partial charge in [0.25, 0.3) is 0 Å². The summed E-state index contributed by atoms with van der Waals surface area (Å²) in [6, 6.07) is 15.3. The molecule has 2 aromatic rings. The van der Waals surface area contributed by atoms with Crippen molar-refractivity contribution in [3.05, 3.63) is 53.6 Å². The maximum Gasteiger partial charge on any atom is 0.0405 e. The van der Waals surface area contributed by atoms with Crippen molar-refractivity contribution in [1.82, 2.24) is 0 Å². The molecule has 1 aliphatic rings. The third kappa shape index (κ3) is 2.23. The van der Waals surface area contributed by atoms with E-state index in [1.165, 1.54) is 27.9 Å². The minimum Gasteiger partial charge on any atom is -0.374 e. The molecule has 0 unspecified atom stereocenters. The van der Waals surface area contributed by atoms with Crippen LogP contribution in [0.15, 0.2) is 42.5 Å². The number of anilines is 1. The molecule has 1 nitrogen and oxygen atoms in total. The van der Waals surface area contributed by atoms with Crippen LogP contribution in [0.4, 0.5) is 5.69 Å². The molecule has 2 heteroatoms. The van der Waals surface area contributed by atoms with Crippen LogP contribution in [0.2, 0.25) is 0 Å². The minimum atomic E-state index is 0.722. The molecule has 0 saturated carbocycles. The molecule has 3 rings (SSSR count). The van der Waals surface area contributed by atoms with E-state index in [1.807, 2.05) is 0 Å². The van der Waals surface area contributed by atoms with Crippen molar-refractivity contribution in [1.29, 1.82) is 0 Å². The summed E-state index contributed by atoms with van der Waals surface area (Å²) in [4.78, 5) is 2.33. The van der Waals surface area contributed by atoms with Crippen LogP contribution in [-0.2, 0) is 6.42 Å². The molecule has 0 aromatic heterocycles. The average Bonchev–Trinajstić information content (AvgIpc) is 2.83. The number of hydrogen-bond acceptors (Lipinski definition) is 1. The van der Waals surface area contributed by atoms with Gasteiger partial charge in [0, 0.05) is 31.6 Å². The van der Waals surface area contributed by atoms with E-state index in [0.717, 1.165) is 25.3 Å². The summed E-state index contributed by atoms with van der Waals surface area (Å²) < 4.78 is 0. The number of fused-ring (bicyclic) bond motifs is 3. The second kappa shape index (κ2) is 5.26. The lowest BCUT2D eigenvalue weighted by atomic mass is 10.0. The van der Waals surface area contributed by atoms with Gasteiger partial charge in [0.2, 0.25) is 0 Å². The Morgan fingerprint density at radius 3 is 2.68 bits per heavy atom. The molecule has 0 heterocycles. The minimum absolute atomic E-state index is 0.722. The van der Waals surface area contributed by atoms with E-state index in [-0.39, 0.29) is 0 Å². The fourth-order valence-corrected chi connectivity index (χ4v) is 3.03. The fraction of sp³-hybridized carbons (Fsp3) is 0.294. The van der Waals surface area contributed by atoms with E-state index < -0.39 is 0 Å². The van der Waals surface area contributed by atoms with Crippen LogP contribution >= 0.6 is 11.6 Å². The second-order valence-corrected chi connectivity index (χ2v) is 5.48. The van der Waals surface area contributed by atoms with Crippen LogP contribution in [0.3, 0.4) is 0 Å². The quantitative estimate of drug-likeness (QED) is 0.639. The van der Waals surface area contributed by atoms with Crippen molar-refractivity contribution in [3.63, 3.8) is 0 Å². The van der Waals surface area contributed by atoms with Gasteiger partial charge in [-0.2, -0.15) is 0 Å². The number of benzene rings is 2. The molecule has 19 heavy (non-hydrogen) atoms. The van der Waals surface area contributed by atoms with Gasteiger partial charge in [0.1, 0.15) is 0 Å². The molecule has 0 aliphatic heterocycles. The van der Waals surface area contributed by atoms with E-state index in [2.05, 4.69) is 54.4 Å². The van der Waals surface area contributed by atoms with E-state index >= 15 is 0 Å². The number of alkyl halides is 1. The molecule has 0 fully saturated rings. The van der Waals surface area contributed by atoms with E-state index in [4.69, 9.17) is 11.6 Å². The van der Waals surface area contributed by atoms with Crippen molar-refractivity contribution in [2.24, 2.45) is 0 Å². The third-order valence-electron chi connectivity index (χ3n) is 3.86. The van der Waals surface area contributed by atoms with E-state index in [9.17, 15) is 0 Å². The Balaban J connectivity index is 1.99. The highest BCUT2D eigenvalue weighted by Gasteiger charge is 2.21. The first kappa shape index (κ1) is 12.6. The Morgan fingerprint density at radius 1 is 1.05 bits per heavy atom. The number of hydrogen-bond donors (Lipinski definition) is 0. The van der Waals surface area contributed by atoms with Crippen LogP contribution in [0.5, 0.6) is 0 Å². The molecular formula is C17H18ClN. The molecule has 0 bridgehead atoms. The van der Waals surface area contributed by atoms with Gasteiger partial charge in [-0.25, -0.2) is 0 Å². The molecule has 0 N–H and O–H groups in total. The van der Waals surface area contributed by atoms with Crippen LogP contribution in [0, 0.1) is 0 Å². The van der Waals surface area contributed by atoms with Crippen LogP contribution in [0.25, 0.3) is 11.1 Å². The fourth-order valence-electron chi connectivity index (χ4n) is 2.92. The Labute approximate surface area is 119 Å². The van der Waals surface area contributed by atoms with Gasteiger partial charge >= 0.3 is 0 Å². The molecule has 0 saturated heterocycles. The van der Waals surface area contributed by atoms with Crippen molar-refractivity contribution >= 4 is 17.3 Å². The molecule has 1 aliphatic carbocycles. The molecular weight excluding hydrogens is 254 g/mol. The van der Waals surface area contributed by atoms with Gasteiger partial charge in [0.15, 0.2) is 0 Å². The maximum atomic E-state index is 5.80. The van der Waals surface area contributed by atoms with Gasteiger partial charge in [-0.05, 0) is 34.7 Å². The van der Waals surface area contributed by atoms with Gasteiger partial charge in [-0.3, -0.25) is 0 Å². The summed E-state index contributed by atoms with van der Waals surface area (Å²) in [5.41, 5.74) is 7.03. The lowest BCUT2D eigenvalue weighted by molar-refractivity contribution is 0.852. The second-order valence-electron chi connectivity index (χ2n) is 5.10. The maximum absolute atomic E-state index is 5.80. The van der Waals surface area contributed by atoms with Crippen LogP contribution in [0.1, 0.15) is 17.5 Å². The van der Waals surface area contributed by atoms with Gasteiger partial charge in [-0.15, -0.1) is 11.6 Å². The Bertz CT molecular complexity index is 592. The molecule has 98 valence electrons. The summed E-state index contributed by atoms with van der Waals surface area (Å²) in [5, 5.41) is 0. The monoisotopic (exact) mass is 271 g/mol. The van der Waals surface area contributed by atoms with Gasteiger partial charge in [0.05, 0.1) is 0 Å². The molecule has 0 amide bonds. The summed E-state index contributed by atoms with van der Waals surface area (Å²) in [6.07, 6.45) is 2.07. The molecule has 0 atom stereocenters. The highest BCUT2D eigenvalue weighted by atomic mass is 35.5. The highest BCUT2D eigenvalue weighted by molar-refractivity contribution is 6.17. The zero-order valence-corrected chi connectivity index (χ0v) is 12.0. The van der Waals surface area contributed by atoms with Crippen molar-refractivity contribution in [2.75, 3.05) is 24.4 Å². The smallest absolute Gasteiger partial charge is 0.0405 e. The summed E-state index contributed by atoms with van der Waals surface area (Å²) in [7, 11) is 2.16. The molecule has 0 radical (unpaired) electrons. The van der Waals surface area contributed by atoms with E-state index in [0.29, 0.717) is 0 Å². The number of rotatable bonds is 4. The standard InChI is InChI=1S/C17H18ClN/c1-19(11-5-10-18)17-9-4-8-15-14-7-3-2-6-13(14)12-16(15)17/h2-4,6-9H,5,10-12H2,1H3. The lowest BCUT2D eigenvalue weighted by Gasteiger charge is -2.22. The molecule has 0 spiro atoms. The number of nitrogens with zero attached hydrogens (tertiary/aromatic N) is 1. The van der Waals surface area contributed by atoms with Gasteiger partial charge in [-0.1, -0.05) is 36.4 Å². The predicted octanol–water partition coefficient (Wildman–Crippen LogP) is 4.32. The average molecular weight is 272 g/mol. The Hall–Kier alpha value is -1.47. The third-order valence-corrected chi connectivity index (χ3v) is 4.13. The first-order chi connectivity index (χ1) is 9.31. The lowest BCUT2D eigenvalue weighted by Crippen LogP contribution is -2.20. The van der Waals surface area contributed by atoms with E-state index in [1.54, 1.807) is 0 Å². The normalized spacial score (nSPS) is 12.1. The zero-order chi connectivity index (χ0) is 13.2. The highest BCUT2D eigenvalue weighted by Crippen LogP contribution is 2.40. The van der Waals surface area contributed by atoms with Crippen molar-refractivity contribution in [2.45, 2.75) is 12.8 Å². The van der Waals surface area contributed by atoms with Crippen LogP contribution < -0.4 is 4.90 Å². The van der Waals surface area contributed by atoms with Crippen LogP contribution in [-0.4, -0.2) is 19.5 Å². The summed E-state index contributed by atoms with van der Waals surface area (Å²) in [6.45, 7) is 1.01. The largest absolute Gasteiger partial charge is 0.374 e. The summed E-state index contributed by atoms with van der Waals surface area (Å²) in [5.74, 6) is 0.722. The SMILES string of the molecule is CN(CCCCl)c1cccc2c1Cc1ccccc1-2. The predicted molar refractivity (Wildman–Crippen MR) is 83.3 cm³/mol. The van der Waals surface area contributed by atoms with Crippen molar-refractivity contribution < 1.29 is 0 Å².